The van der Waals surface area contributed by atoms with Crippen LogP contribution in [0.15, 0.2) is 6.20 Å². The van der Waals surface area contributed by atoms with Crippen LogP contribution in [0, 0.1) is 0 Å². The molecule has 0 amide bonds. The normalized spacial score (nSPS) is 15.1. The first kappa shape index (κ1) is 13.2. The van der Waals surface area contributed by atoms with Crippen molar-refractivity contribution in [3.63, 3.8) is 0 Å². The molecule has 4 nitrogen and oxygen atoms in total. The van der Waals surface area contributed by atoms with E-state index in [-0.39, 0.29) is 18.6 Å². The molecule has 3 N–H and O–H groups in total. The third-order valence-corrected chi connectivity index (χ3v) is 3.10. The third-order valence-electron chi connectivity index (χ3n) is 3.10. The molecular weight excluding hydrogens is 202 g/mol. The second-order valence-corrected chi connectivity index (χ2v) is 4.25. The molecule has 1 aromatic heterocycles. The molecule has 0 fully saturated rings. The Hall–Kier alpha value is -0.870. The van der Waals surface area contributed by atoms with Gasteiger partial charge in [-0.05, 0) is 24.8 Å². The summed E-state index contributed by atoms with van der Waals surface area (Å²) in [5.74, 6) is 0.221. The summed E-state index contributed by atoms with van der Waals surface area (Å²) in [6.45, 7) is 4.35. The lowest BCUT2D eigenvalue weighted by atomic mass is 9.87. The minimum absolute atomic E-state index is 0.0987. The maximum absolute atomic E-state index is 9.13. The van der Waals surface area contributed by atoms with Gasteiger partial charge < -0.3 is 10.8 Å². The standard InChI is InChI=1S/C12H23N3O/c1-4-11(13)9(6-7-16)10-8-15(3)14-12(10)5-2/h8-9,11,16H,4-7,13H2,1-3H3. The van der Waals surface area contributed by atoms with E-state index < -0.39 is 0 Å². The Morgan fingerprint density at radius 3 is 2.69 bits per heavy atom. The van der Waals surface area contributed by atoms with E-state index in [1.165, 1.54) is 5.56 Å². The van der Waals surface area contributed by atoms with Gasteiger partial charge in [-0.1, -0.05) is 13.8 Å². The zero-order chi connectivity index (χ0) is 12.1. The molecule has 2 atom stereocenters. The number of nitrogens with two attached hydrogens (primary N) is 1. The SMILES string of the molecule is CCc1nn(C)cc1C(CCO)C(N)CC. The highest BCUT2D eigenvalue weighted by atomic mass is 16.3. The Bertz CT molecular complexity index is 322. The van der Waals surface area contributed by atoms with Gasteiger partial charge in [0.2, 0.25) is 0 Å². The maximum Gasteiger partial charge on any atom is 0.0657 e. The second kappa shape index (κ2) is 6.01. The average molecular weight is 225 g/mol. The monoisotopic (exact) mass is 225 g/mol. The zero-order valence-corrected chi connectivity index (χ0v) is 10.5. The fourth-order valence-electron chi connectivity index (χ4n) is 2.16. The van der Waals surface area contributed by atoms with Crippen LogP contribution in [0.25, 0.3) is 0 Å². The van der Waals surface area contributed by atoms with Gasteiger partial charge in [0.25, 0.3) is 0 Å². The molecule has 4 heteroatoms. The molecule has 0 saturated heterocycles. The van der Waals surface area contributed by atoms with Crippen LogP contribution >= 0.6 is 0 Å². The van der Waals surface area contributed by atoms with E-state index in [4.69, 9.17) is 10.8 Å². The first-order valence-electron chi connectivity index (χ1n) is 6.02. The number of aromatic nitrogens is 2. The first-order valence-corrected chi connectivity index (χ1v) is 6.02. The van der Waals surface area contributed by atoms with Gasteiger partial charge in [-0.25, -0.2) is 0 Å². The zero-order valence-electron chi connectivity index (χ0n) is 10.5. The van der Waals surface area contributed by atoms with Crippen molar-refractivity contribution in [1.82, 2.24) is 9.78 Å². The van der Waals surface area contributed by atoms with Crippen molar-refractivity contribution in [3.8, 4) is 0 Å². The number of hydrogen-bond donors (Lipinski definition) is 2. The number of aliphatic hydroxyl groups excluding tert-OH is 1. The summed E-state index contributed by atoms with van der Waals surface area (Å²) < 4.78 is 1.83. The van der Waals surface area contributed by atoms with E-state index >= 15 is 0 Å². The van der Waals surface area contributed by atoms with Gasteiger partial charge in [0.1, 0.15) is 0 Å². The largest absolute Gasteiger partial charge is 0.396 e. The van der Waals surface area contributed by atoms with Crippen LogP contribution in [-0.2, 0) is 13.5 Å². The van der Waals surface area contributed by atoms with Gasteiger partial charge in [0.05, 0.1) is 5.69 Å². The summed E-state index contributed by atoms with van der Waals surface area (Å²) in [7, 11) is 1.93. The highest BCUT2D eigenvalue weighted by molar-refractivity contribution is 5.23. The van der Waals surface area contributed by atoms with Gasteiger partial charge in [-0.3, -0.25) is 4.68 Å². The van der Waals surface area contributed by atoms with E-state index in [1.807, 2.05) is 17.9 Å². The van der Waals surface area contributed by atoms with Crippen molar-refractivity contribution >= 4 is 0 Å². The summed E-state index contributed by atoms with van der Waals surface area (Å²) in [6.07, 6.45) is 4.58. The Kier molecular flexibility index (Phi) is 4.96. The molecule has 92 valence electrons. The Morgan fingerprint density at radius 1 is 1.50 bits per heavy atom. The fourth-order valence-corrected chi connectivity index (χ4v) is 2.16. The lowest BCUT2D eigenvalue weighted by Gasteiger charge is -2.22. The number of aliphatic hydroxyl groups is 1. The van der Waals surface area contributed by atoms with E-state index in [0.717, 1.165) is 18.5 Å². The van der Waals surface area contributed by atoms with Crippen molar-refractivity contribution in [2.45, 2.75) is 45.1 Å². The van der Waals surface area contributed by atoms with Gasteiger partial charge in [0.15, 0.2) is 0 Å². The van der Waals surface area contributed by atoms with Gasteiger partial charge in [-0.15, -0.1) is 0 Å². The van der Waals surface area contributed by atoms with E-state index in [9.17, 15) is 0 Å². The Balaban J connectivity index is 2.99. The van der Waals surface area contributed by atoms with Crippen molar-refractivity contribution in [3.05, 3.63) is 17.5 Å². The van der Waals surface area contributed by atoms with Crippen LogP contribution < -0.4 is 5.73 Å². The molecule has 0 radical (unpaired) electrons. The topological polar surface area (TPSA) is 64.1 Å². The molecule has 1 aromatic rings. The molecule has 0 saturated carbocycles. The lowest BCUT2D eigenvalue weighted by Crippen LogP contribution is -2.28. The molecule has 0 aromatic carbocycles. The smallest absolute Gasteiger partial charge is 0.0657 e. The van der Waals surface area contributed by atoms with Gasteiger partial charge in [-0.2, -0.15) is 5.10 Å². The van der Waals surface area contributed by atoms with Crippen LogP contribution in [-0.4, -0.2) is 27.5 Å². The molecule has 2 unspecified atom stereocenters. The third kappa shape index (κ3) is 2.83. The van der Waals surface area contributed by atoms with Crippen LogP contribution in [0.3, 0.4) is 0 Å². The van der Waals surface area contributed by atoms with E-state index in [1.54, 1.807) is 0 Å². The van der Waals surface area contributed by atoms with E-state index in [0.29, 0.717) is 6.42 Å². The highest BCUT2D eigenvalue weighted by Gasteiger charge is 2.22. The van der Waals surface area contributed by atoms with Crippen LogP contribution in [0.5, 0.6) is 0 Å². The lowest BCUT2D eigenvalue weighted by molar-refractivity contribution is 0.266. The first-order chi connectivity index (χ1) is 7.63. The molecule has 0 aliphatic heterocycles. The predicted octanol–water partition coefficient (Wildman–Crippen LogP) is 1.19. The van der Waals surface area contributed by atoms with Crippen LogP contribution in [0.1, 0.15) is 43.9 Å². The molecule has 16 heavy (non-hydrogen) atoms. The maximum atomic E-state index is 9.13. The molecule has 0 bridgehead atoms. The minimum atomic E-state index is 0.0987. The number of nitrogens with zero attached hydrogens (tertiary/aromatic N) is 2. The minimum Gasteiger partial charge on any atom is -0.396 e. The summed E-state index contributed by atoms with van der Waals surface area (Å²) in [5.41, 5.74) is 8.42. The van der Waals surface area contributed by atoms with Gasteiger partial charge in [0, 0.05) is 31.8 Å². The Morgan fingerprint density at radius 2 is 2.19 bits per heavy atom. The molecular formula is C12H23N3O. The molecule has 1 rings (SSSR count). The summed E-state index contributed by atoms with van der Waals surface area (Å²) in [6, 6.07) is 0.0987. The molecule has 1 heterocycles. The fraction of sp³-hybridized carbons (Fsp3) is 0.750. The van der Waals surface area contributed by atoms with Crippen molar-refractivity contribution in [1.29, 1.82) is 0 Å². The number of rotatable bonds is 6. The summed E-state index contributed by atoms with van der Waals surface area (Å²) >= 11 is 0. The average Bonchev–Trinajstić information content (AvgIpc) is 2.66. The molecule has 0 spiro atoms. The molecule has 0 aliphatic carbocycles. The summed E-state index contributed by atoms with van der Waals surface area (Å²) in [5, 5.41) is 13.6. The van der Waals surface area contributed by atoms with E-state index in [2.05, 4.69) is 18.9 Å². The number of aryl methyl sites for hydroxylation is 2. The highest BCUT2D eigenvalue weighted by Crippen LogP contribution is 2.26. The number of hydrogen-bond acceptors (Lipinski definition) is 3. The van der Waals surface area contributed by atoms with Gasteiger partial charge >= 0.3 is 0 Å². The quantitative estimate of drug-likeness (QED) is 0.764. The second-order valence-electron chi connectivity index (χ2n) is 4.25. The Labute approximate surface area is 97.5 Å². The summed E-state index contributed by atoms with van der Waals surface area (Å²) in [4.78, 5) is 0. The predicted molar refractivity (Wildman–Crippen MR) is 65.3 cm³/mol. The van der Waals surface area contributed by atoms with Crippen molar-refractivity contribution < 1.29 is 5.11 Å². The van der Waals surface area contributed by atoms with Crippen molar-refractivity contribution in [2.24, 2.45) is 12.8 Å². The van der Waals surface area contributed by atoms with Crippen LogP contribution in [0.2, 0.25) is 0 Å². The van der Waals surface area contributed by atoms with Crippen molar-refractivity contribution in [2.75, 3.05) is 6.61 Å². The van der Waals surface area contributed by atoms with Crippen LogP contribution in [0.4, 0.5) is 0 Å². The molecule has 0 aliphatic rings.